The van der Waals surface area contributed by atoms with Crippen molar-refractivity contribution in [3.63, 3.8) is 0 Å². The van der Waals surface area contributed by atoms with E-state index >= 15 is 0 Å². The number of hydrogen-bond acceptors (Lipinski definition) is 18. The first kappa shape index (κ1) is 126. The highest BCUT2D eigenvalue weighted by Gasteiger charge is 2.29. The van der Waals surface area contributed by atoms with E-state index < -0.39 is 0 Å². The molecule has 6 atom stereocenters. The normalized spacial score (nSPS) is 12.0. The molecule has 18 nitrogen and oxygen atoms in total. The van der Waals surface area contributed by atoms with Gasteiger partial charge >= 0.3 is 0 Å². The van der Waals surface area contributed by atoms with Gasteiger partial charge in [0, 0.05) is 125 Å². The van der Waals surface area contributed by atoms with E-state index in [0.29, 0.717) is 51.5 Å². The molecular weight excluding hydrogens is 1950 g/mol. The molecule has 0 aliphatic rings. The van der Waals surface area contributed by atoms with Crippen molar-refractivity contribution < 1.29 is 56.8 Å². The smallest absolute Gasteiger partial charge is 0.188 e. The summed E-state index contributed by atoms with van der Waals surface area (Å²) in [5.74, 6) is 5.67. The molecule has 0 saturated carbocycles. The number of rotatable bonds is 42. The zero-order valence-electron chi connectivity index (χ0n) is 96.3. The topological polar surface area (TPSA) is 130 Å². The summed E-state index contributed by atoms with van der Waals surface area (Å²) in [6.45, 7) is 48.9. The summed E-state index contributed by atoms with van der Waals surface area (Å²) >= 11 is 0. The van der Waals surface area contributed by atoms with E-state index in [2.05, 4.69) is 440 Å². The molecule has 12 aromatic rings. The van der Waals surface area contributed by atoms with E-state index in [1.54, 1.807) is 42.7 Å². The molecule has 148 heavy (non-hydrogen) atoms. The van der Waals surface area contributed by atoms with Gasteiger partial charge in [0.25, 0.3) is 0 Å². The van der Waals surface area contributed by atoms with Crippen molar-refractivity contribution in [1.82, 2.24) is 29.4 Å². The molecule has 0 aliphatic heterocycles. The van der Waals surface area contributed by atoms with Gasteiger partial charge in [0.1, 0.15) is 34.5 Å². The van der Waals surface area contributed by atoms with Crippen molar-refractivity contribution in [2.24, 2.45) is 0 Å². The zero-order chi connectivity index (χ0) is 109. The fraction of sp³-hybridized carbons (Fsp3) is 0.419. The van der Waals surface area contributed by atoms with Crippen LogP contribution in [0.2, 0.25) is 0 Å². The second-order valence-electron chi connectivity index (χ2n) is 42.7. The van der Waals surface area contributed by atoms with Crippen molar-refractivity contribution in [3.8, 4) is 34.5 Å². The monoisotopic (exact) mass is 2130 g/mol. The summed E-state index contributed by atoms with van der Waals surface area (Å²) in [5, 5.41) is 15.7. The van der Waals surface area contributed by atoms with Gasteiger partial charge < -0.3 is 86.2 Å². The van der Waals surface area contributed by atoms with Gasteiger partial charge in [0.15, 0.2) is 40.8 Å². The number of nitrogens with zero attached hydrogens (tertiary/aromatic N) is 6. The van der Waals surface area contributed by atoms with Gasteiger partial charge in [-0.05, 0) is 299 Å². The highest BCUT2D eigenvalue weighted by Crippen LogP contribution is 2.40. The van der Waals surface area contributed by atoms with Crippen LogP contribution in [0.25, 0.3) is 0 Å². The molecule has 6 unspecified atom stereocenters. The Labute approximate surface area is 902 Å². The molecule has 0 amide bonds. The van der Waals surface area contributed by atoms with Gasteiger partial charge in [-0.3, -0.25) is 0 Å². The van der Waals surface area contributed by atoms with Crippen LogP contribution in [-0.4, -0.2) is 197 Å². The molecule has 0 heterocycles. The molecule has 24 heteroatoms. The first-order valence-corrected chi connectivity index (χ1v) is 56.6. The fourth-order valence-electron chi connectivity index (χ4n) is 16.5. The average Bonchev–Trinajstić information content (AvgIpc) is 0.782. The molecule has 12 aromatic carbocycles. The Hall–Kier alpha value is -8.46. The molecule has 804 valence electrons. The maximum absolute atomic E-state index is 6.18. The van der Waals surface area contributed by atoms with Crippen LogP contribution in [0.1, 0.15) is 168 Å². The first-order chi connectivity index (χ1) is 70.0. The SMILES string of the molecule is COCOc1c(C)cc(C)cc1Pc1ccc(C)cc1CN(C)C.COCOc1c(C)cccc1Pc1ccc(C)cc1CN(C)C.COCOc1c(Pc2ccc(C)cc2CN(C)C)cc(C)cc1C(C)(C)C.COCOc1c(Pc2ccccc2CN(C)C)cc(C(C)(C)C)cc1C(C)(C)C.COCOc1ccc(C)cc1Pc1ccc(C)cc1CN(C)C.COCOc1ccccc1Pc1ccc(C)cc1CN(C)C. The summed E-state index contributed by atoms with van der Waals surface area (Å²) in [6, 6.07) is 76.8. The van der Waals surface area contributed by atoms with Crippen molar-refractivity contribution in [2.45, 2.75) is 187 Å². The Morgan fingerprint density at radius 3 is 0.851 bits per heavy atom. The van der Waals surface area contributed by atoms with Crippen LogP contribution >= 0.6 is 51.5 Å². The van der Waals surface area contributed by atoms with E-state index in [9.17, 15) is 0 Å². The predicted octanol–water partition coefficient (Wildman–Crippen LogP) is 21.1. The predicted molar refractivity (Wildman–Crippen MR) is 646 cm³/mol. The lowest BCUT2D eigenvalue weighted by Crippen LogP contribution is -2.24. The number of benzene rings is 12. The number of hydrogen-bond donors (Lipinski definition) is 0. The average molecular weight is 2130 g/mol. The summed E-state index contributed by atoms with van der Waals surface area (Å²) < 4.78 is 66.1. The maximum Gasteiger partial charge on any atom is 0.188 e. The summed E-state index contributed by atoms with van der Waals surface area (Å²) in [5.41, 5.74) is 24.8. The largest absolute Gasteiger partial charge is 0.467 e. The standard InChI is InChI=1S/C25H38NO2P.C23H34NO2P.C20H28NO2P.2C19H26NO2P.C18H24NO2P/c1-24(2,3)19-14-20(25(4,5)6)23(28-17-27-9)22(15-19)29-21-13-11-10-12-18(21)16-26(7)8;1-16-9-10-20(18(11-16)14-24(6)7)27-21-13-17(2)12-19(23(3,4)5)22(21)26-15-25-8;1-14-7-8-18(17(10-14)12-21(4)5)24-19-11-15(2)9-16(3)20(19)23-13-22-6;1-14-7-9-18(16(10-14)12-20(3)4)23-19-11-15(2)6-8-17(19)22-13-21-5;1-14-9-10-17(16(11-14)12-20(3)4)23-18-8-6-7-15(2)19(18)22-13-21-5;1-14-9-10-17(15(11-14)12-19(2)3)22-18-8-6-5-7-16(18)21-13-20-4/h10-15,29H,16-17H2,1-9H3;9-13,27H,14-15H2,1-8H3;7-11,24H,12-13H2,1-6H3;2*6-11,23H,12-13H2,1-5H3;5-11,22H,12-13H2,1-4H3. The van der Waals surface area contributed by atoms with E-state index in [4.69, 9.17) is 56.8 Å². The Morgan fingerprint density at radius 2 is 0.473 bits per heavy atom. The van der Waals surface area contributed by atoms with Gasteiger partial charge in [-0.25, -0.2) is 0 Å². The van der Waals surface area contributed by atoms with Gasteiger partial charge in [0.2, 0.25) is 0 Å². The highest BCUT2D eigenvalue weighted by molar-refractivity contribution is 7.57. The second-order valence-corrected chi connectivity index (χ2v) is 50.7. The molecule has 0 saturated heterocycles. The summed E-state index contributed by atoms with van der Waals surface area (Å²) in [4.78, 5) is 13.3. The Kier molecular flexibility index (Phi) is 54.0. The van der Waals surface area contributed by atoms with E-state index in [1.165, 1.54) is 158 Å². The van der Waals surface area contributed by atoms with Crippen molar-refractivity contribution in [2.75, 3.05) is 168 Å². The fourth-order valence-corrected chi connectivity index (χ4v) is 24.6. The summed E-state index contributed by atoms with van der Waals surface area (Å²) in [7, 11) is 38.6. The molecule has 0 aromatic heterocycles. The van der Waals surface area contributed by atoms with Crippen LogP contribution in [0, 0.1) is 69.2 Å². The Balaban J connectivity index is 0.000000241. The first-order valence-electron chi connectivity index (χ1n) is 50.6. The Morgan fingerprint density at radius 1 is 0.203 bits per heavy atom. The zero-order valence-corrected chi connectivity index (χ0v) is 102. The second kappa shape index (κ2) is 63.3. The summed E-state index contributed by atoms with van der Waals surface area (Å²) in [6.07, 6.45) is 0. The maximum atomic E-state index is 6.18. The molecule has 0 bridgehead atoms. The van der Waals surface area contributed by atoms with E-state index in [0.717, 1.165) is 84.9 Å². The van der Waals surface area contributed by atoms with Crippen LogP contribution < -0.4 is 92.1 Å². The number of ether oxygens (including phenoxy) is 12. The van der Waals surface area contributed by atoms with Crippen molar-refractivity contribution >= 4 is 115 Å². The lowest BCUT2D eigenvalue weighted by Gasteiger charge is -2.29. The van der Waals surface area contributed by atoms with Crippen LogP contribution in [-0.2, 0) is 83.9 Å². The molecule has 0 N–H and O–H groups in total. The lowest BCUT2D eigenvalue weighted by atomic mass is 9.80. The number of aryl methyl sites for hydroxylation is 10. The van der Waals surface area contributed by atoms with E-state index in [1.807, 2.05) is 18.2 Å². The van der Waals surface area contributed by atoms with Crippen LogP contribution in [0.4, 0.5) is 0 Å². The molecule has 0 fully saturated rings. The molecule has 0 radical (unpaired) electrons. The van der Waals surface area contributed by atoms with Gasteiger partial charge in [0.05, 0.1) is 0 Å². The molecule has 12 rings (SSSR count). The lowest BCUT2D eigenvalue weighted by molar-refractivity contribution is 0.0504. The Bertz CT molecular complexity index is 6050. The quantitative estimate of drug-likeness (QED) is 0.0265. The van der Waals surface area contributed by atoms with Gasteiger partial charge in [-0.1, -0.05) is 323 Å². The minimum atomic E-state index is -0.0211. The minimum absolute atomic E-state index is 0.00800. The third kappa shape index (κ3) is 43.2. The van der Waals surface area contributed by atoms with Gasteiger partial charge in [-0.15, -0.1) is 0 Å². The third-order valence-electron chi connectivity index (χ3n) is 23.3. The van der Waals surface area contributed by atoms with E-state index in [-0.39, 0.29) is 57.0 Å². The molecular formula is C124H176N6O12P6. The highest BCUT2D eigenvalue weighted by atomic mass is 31.1. The van der Waals surface area contributed by atoms with Crippen molar-refractivity contribution in [3.05, 3.63) is 318 Å². The third-order valence-corrected chi connectivity index (χ3v) is 31.7. The number of para-hydroxylation sites is 2. The minimum Gasteiger partial charge on any atom is -0.467 e. The number of methoxy groups -OCH3 is 6. The van der Waals surface area contributed by atoms with Crippen molar-refractivity contribution in [1.29, 1.82) is 0 Å². The molecule has 0 aliphatic carbocycles. The van der Waals surface area contributed by atoms with Gasteiger partial charge in [-0.2, -0.15) is 0 Å². The van der Waals surface area contributed by atoms with Crippen LogP contribution in [0.3, 0.4) is 0 Å². The van der Waals surface area contributed by atoms with Crippen LogP contribution in [0.15, 0.2) is 212 Å². The van der Waals surface area contributed by atoms with Crippen LogP contribution in [0.5, 0.6) is 34.5 Å². The molecule has 0 spiro atoms.